The Morgan fingerprint density at radius 2 is 1.33 bits per heavy atom. The van der Waals surface area contributed by atoms with Crippen molar-refractivity contribution in [3.8, 4) is 28.7 Å². The first-order valence-electron chi connectivity index (χ1n) is 18.5. The molecule has 0 radical (unpaired) electrons. The van der Waals surface area contributed by atoms with Gasteiger partial charge in [0.2, 0.25) is 0 Å². The average molecular weight is 908 g/mol. The maximum Gasteiger partial charge on any atom is 0.268 e. The van der Waals surface area contributed by atoms with E-state index in [2.05, 4.69) is 128 Å². The summed E-state index contributed by atoms with van der Waals surface area (Å²) in [4.78, 5) is 4.75. The summed E-state index contributed by atoms with van der Waals surface area (Å²) in [5, 5.41) is 1.65. The third kappa shape index (κ3) is 7.25. The molecule has 0 spiro atoms. The van der Waals surface area contributed by atoms with Crippen molar-refractivity contribution in [3.05, 3.63) is 150 Å². The molecular weight excluding hydrogens is 863 g/mol. The van der Waals surface area contributed by atoms with Crippen LogP contribution in [0.2, 0.25) is 0 Å². The van der Waals surface area contributed by atoms with Crippen molar-refractivity contribution in [2.45, 2.75) is 78.6 Å². The number of ether oxygens (including phenoxy) is 1. The van der Waals surface area contributed by atoms with E-state index in [9.17, 15) is 4.39 Å². The predicted octanol–water partition coefficient (Wildman–Crippen LogP) is 11.6. The van der Waals surface area contributed by atoms with E-state index in [1.807, 2.05) is 57.8 Å². The molecule has 0 aliphatic rings. The van der Waals surface area contributed by atoms with Gasteiger partial charge in [0.15, 0.2) is 0 Å². The van der Waals surface area contributed by atoms with Gasteiger partial charge in [-0.05, 0) is 86.5 Å². The van der Waals surface area contributed by atoms with E-state index >= 15 is 0 Å². The molecule has 0 fully saturated rings. The van der Waals surface area contributed by atoms with Gasteiger partial charge in [-0.3, -0.25) is 4.57 Å². The molecule has 0 saturated heterocycles. The van der Waals surface area contributed by atoms with Gasteiger partial charge in [-0.2, -0.15) is 18.2 Å². The van der Waals surface area contributed by atoms with Crippen LogP contribution in [0.15, 0.2) is 109 Å². The van der Waals surface area contributed by atoms with Gasteiger partial charge in [-0.25, -0.2) is 9.37 Å². The molecule has 8 rings (SSSR count). The molecule has 0 unspecified atom stereocenters. The van der Waals surface area contributed by atoms with Gasteiger partial charge in [0.25, 0.3) is 6.33 Å². The molecule has 0 atom stereocenters. The number of halogens is 1. The van der Waals surface area contributed by atoms with Gasteiger partial charge < -0.3 is 13.9 Å². The van der Waals surface area contributed by atoms with Crippen molar-refractivity contribution < 1.29 is 34.8 Å². The maximum atomic E-state index is 14.6. The Bertz CT molecular complexity index is 2690. The summed E-state index contributed by atoms with van der Waals surface area (Å²) in [6.45, 7) is 20.1. The first-order chi connectivity index (χ1) is 25.5. The Balaban J connectivity index is 0.00000465. The van der Waals surface area contributed by atoms with Crippen molar-refractivity contribution in [2.24, 2.45) is 0 Å². The van der Waals surface area contributed by atoms with E-state index in [1.54, 1.807) is 12.1 Å². The smallest absolute Gasteiger partial charge is 0.268 e. The van der Waals surface area contributed by atoms with Crippen LogP contribution in [0.5, 0.6) is 11.5 Å². The topological polar surface area (TPSA) is 35.9 Å². The Kier molecular flexibility index (Phi) is 9.66. The SMILES string of the molecule is CC(C)(C)c1cc(-[n+]2[c-]n(-c3[c-]c(Oc4[c-]c5c(cc4)c4cc(F)ccc4n5-c4cc(C(C)(C)C)ccn4)ccc3)c3ccccc32)cc(C(C)(C)C)c1.[Pt]. The number of pyridine rings is 1. The largest absolute Gasteiger partial charge is 0.510 e. The van der Waals surface area contributed by atoms with Crippen LogP contribution >= 0.6 is 0 Å². The normalized spacial score (nSPS) is 12.4. The van der Waals surface area contributed by atoms with Crippen molar-refractivity contribution in [1.29, 1.82) is 0 Å². The fourth-order valence-corrected chi connectivity index (χ4v) is 6.98. The zero-order chi connectivity index (χ0) is 38.2. The van der Waals surface area contributed by atoms with Crippen LogP contribution in [0.1, 0.15) is 79.0 Å². The number of hydrogen-bond donors (Lipinski definition) is 0. The number of aromatic nitrogens is 4. The number of benzene rings is 5. The summed E-state index contributed by atoms with van der Waals surface area (Å²) < 4.78 is 27.3. The Morgan fingerprint density at radius 1 is 0.636 bits per heavy atom. The molecule has 8 aromatic rings. The van der Waals surface area contributed by atoms with E-state index < -0.39 is 0 Å². The van der Waals surface area contributed by atoms with Crippen LogP contribution in [-0.4, -0.2) is 14.1 Å². The fourth-order valence-electron chi connectivity index (χ4n) is 6.98. The molecule has 0 aliphatic carbocycles. The first-order valence-corrected chi connectivity index (χ1v) is 18.5. The second kappa shape index (κ2) is 13.9. The Hall–Kier alpha value is -5.06. The molecule has 0 N–H and O–H groups in total. The van der Waals surface area contributed by atoms with E-state index in [0.717, 1.165) is 55.6 Å². The minimum absolute atomic E-state index is 0. The van der Waals surface area contributed by atoms with Crippen LogP contribution in [0.3, 0.4) is 0 Å². The monoisotopic (exact) mass is 907 g/mol. The first kappa shape index (κ1) is 38.2. The second-order valence-corrected chi connectivity index (χ2v) is 17.3. The van der Waals surface area contributed by atoms with Crippen molar-refractivity contribution in [1.82, 2.24) is 14.1 Å². The molecule has 0 amide bonds. The molecule has 3 aromatic heterocycles. The minimum atomic E-state index is -0.295. The molecule has 0 aliphatic heterocycles. The minimum Gasteiger partial charge on any atom is -0.510 e. The summed E-state index contributed by atoms with van der Waals surface area (Å²) in [5.41, 5.74) is 9.07. The standard InChI is InChI=1S/C48H45FN4O.Pt/c1-46(2,3)31-21-22-50-45(26-31)53-41-20-17-34(49)27-40(41)39-19-18-38(29-44(39)53)54-37-14-12-13-35(28-37)51-30-52(43-16-11-10-15-42(43)51)36-24-32(47(4,5)6)23-33(25-36)48(7,8)9;/h10-27H,1-9H3;/q-2;. The molecule has 3 heterocycles. The van der Waals surface area contributed by atoms with Gasteiger partial charge in [-0.1, -0.05) is 98.2 Å². The van der Waals surface area contributed by atoms with Crippen LogP contribution in [-0.2, 0) is 37.3 Å². The van der Waals surface area contributed by atoms with Crippen molar-refractivity contribution >= 4 is 32.8 Å². The zero-order valence-corrected chi connectivity index (χ0v) is 35.1. The Morgan fingerprint density at radius 3 is 2.04 bits per heavy atom. The quantitative estimate of drug-likeness (QED) is 0.127. The van der Waals surface area contributed by atoms with E-state index in [4.69, 9.17) is 9.72 Å². The molecule has 5 nitrogen and oxygen atoms in total. The Labute approximate surface area is 337 Å². The number of para-hydroxylation sites is 2. The fraction of sp³-hybridized carbons (Fsp3) is 0.250. The summed E-state index contributed by atoms with van der Waals surface area (Å²) in [6.07, 6.45) is 5.48. The average Bonchev–Trinajstić information content (AvgIpc) is 3.66. The van der Waals surface area contributed by atoms with Crippen LogP contribution in [0, 0.1) is 24.3 Å². The van der Waals surface area contributed by atoms with Crippen molar-refractivity contribution in [3.63, 3.8) is 0 Å². The molecule has 0 bridgehead atoms. The predicted molar refractivity (Wildman–Crippen MR) is 216 cm³/mol. The van der Waals surface area contributed by atoms with Gasteiger partial charge in [-0.15, -0.1) is 29.7 Å². The maximum absolute atomic E-state index is 14.6. The van der Waals surface area contributed by atoms with E-state index in [0.29, 0.717) is 11.5 Å². The van der Waals surface area contributed by atoms with E-state index in [-0.39, 0.29) is 43.1 Å². The van der Waals surface area contributed by atoms with Crippen LogP contribution < -0.4 is 9.30 Å². The van der Waals surface area contributed by atoms with E-state index in [1.165, 1.54) is 17.2 Å². The number of imidazole rings is 1. The third-order valence-electron chi connectivity index (χ3n) is 10.1. The van der Waals surface area contributed by atoms with Gasteiger partial charge >= 0.3 is 0 Å². The van der Waals surface area contributed by atoms with Crippen molar-refractivity contribution in [2.75, 3.05) is 0 Å². The molecule has 55 heavy (non-hydrogen) atoms. The molecule has 0 saturated carbocycles. The molecule has 282 valence electrons. The number of rotatable bonds is 5. The number of fused-ring (bicyclic) bond motifs is 4. The molecular formula is C48H45FN4OPt-2. The van der Waals surface area contributed by atoms with Crippen LogP contribution in [0.25, 0.3) is 50.0 Å². The molecule has 5 aromatic carbocycles. The van der Waals surface area contributed by atoms with Gasteiger partial charge in [0.05, 0.1) is 16.7 Å². The summed E-state index contributed by atoms with van der Waals surface area (Å²) in [7, 11) is 0. The summed E-state index contributed by atoms with van der Waals surface area (Å²) >= 11 is 0. The second-order valence-electron chi connectivity index (χ2n) is 17.3. The number of hydrogen-bond acceptors (Lipinski definition) is 2. The summed E-state index contributed by atoms with van der Waals surface area (Å²) in [6, 6.07) is 40.9. The van der Waals surface area contributed by atoms with Crippen LogP contribution in [0.4, 0.5) is 4.39 Å². The zero-order valence-electron chi connectivity index (χ0n) is 32.8. The van der Waals surface area contributed by atoms with Gasteiger partial charge in [0.1, 0.15) is 11.6 Å². The third-order valence-corrected chi connectivity index (χ3v) is 10.1. The molecule has 7 heteroatoms. The van der Waals surface area contributed by atoms with Gasteiger partial charge in [0, 0.05) is 44.3 Å². The number of nitrogens with zero attached hydrogens (tertiary/aromatic N) is 4. The summed E-state index contributed by atoms with van der Waals surface area (Å²) in [5.74, 6) is 1.49.